The van der Waals surface area contributed by atoms with Crippen molar-refractivity contribution in [3.8, 4) is 11.5 Å². The number of nitro groups is 1. The molecule has 12 heteroatoms. The fourth-order valence-corrected chi connectivity index (χ4v) is 4.21. The van der Waals surface area contributed by atoms with E-state index in [1.54, 1.807) is 11.7 Å². The lowest BCUT2D eigenvalue weighted by atomic mass is 10.1. The first-order chi connectivity index (χ1) is 16.9. The first kappa shape index (κ1) is 24.4. The predicted molar refractivity (Wildman–Crippen MR) is 131 cm³/mol. The van der Waals surface area contributed by atoms with E-state index in [-0.39, 0.29) is 35.9 Å². The lowest BCUT2D eigenvalue weighted by Gasteiger charge is -2.33. The van der Waals surface area contributed by atoms with Crippen LogP contribution in [0.1, 0.15) is 21.6 Å². The maximum Gasteiger partial charge on any atom is 0.286 e. The number of ether oxygens (including phenoxy) is 2. The topological polar surface area (TPSA) is 123 Å². The van der Waals surface area contributed by atoms with Gasteiger partial charge in [0.1, 0.15) is 18.0 Å². The Morgan fingerprint density at radius 3 is 2.69 bits per heavy atom. The molecule has 2 aromatic heterocycles. The van der Waals surface area contributed by atoms with Crippen LogP contribution in [0.5, 0.6) is 11.5 Å². The fourth-order valence-electron chi connectivity index (χ4n) is 3.67. The molecule has 1 fully saturated rings. The summed E-state index contributed by atoms with van der Waals surface area (Å²) in [6, 6.07) is 6.27. The van der Waals surface area contributed by atoms with Crippen LogP contribution in [0.15, 0.2) is 41.4 Å². The molecule has 1 N–H and O–H groups in total. The minimum Gasteiger partial charge on any atom is -0.493 e. The van der Waals surface area contributed by atoms with Crippen molar-refractivity contribution in [2.24, 2.45) is 0 Å². The van der Waals surface area contributed by atoms with E-state index in [0.717, 1.165) is 37.6 Å². The second kappa shape index (κ2) is 11.1. The summed E-state index contributed by atoms with van der Waals surface area (Å²) in [6.07, 6.45) is 1.70. The Morgan fingerprint density at radius 1 is 1.20 bits per heavy atom. The van der Waals surface area contributed by atoms with Gasteiger partial charge < -0.3 is 24.6 Å². The van der Waals surface area contributed by atoms with Crippen LogP contribution in [0.2, 0.25) is 0 Å². The van der Waals surface area contributed by atoms with Crippen molar-refractivity contribution in [2.75, 3.05) is 45.2 Å². The van der Waals surface area contributed by atoms with Gasteiger partial charge in [0.05, 0.1) is 29.3 Å². The summed E-state index contributed by atoms with van der Waals surface area (Å²) in [5.41, 5.74) is 2.73. The molecular weight excluding hydrogens is 472 g/mol. The van der Waals surface area contributed by atoms with Crippen molar-refractivity contribution in [1.29, 1.82) is 0 Å². The number of carbonyl (C=O) groups is 1. The van der Waals surface area contributed by atoms with Crippen molar-refractivity contribution in [1.82, 2.24) is 20.2 Å². The van der Waals surface area contributed by atoms with Crippen molar-refractivity contribution in [3.63, 3.8) is 0 Å². The number of aromatic nitrogens is 2. The summed E-state index contributed by atoms with van der Waals surface area (Å²) in [5.74, 6) is 0.644. The van der Waals surface area contributed by atoms with Gasteiger partial charge in [-0.15, -0.1) is 11.3 Å². The number of hydrogen-bond acceptors (Lipinski definition) is 10. The van der Waals surface area contributed by atoms with Gasteiger partial charge in [-0.1, -0.05) is 0 Å². The quantitative estimate of drug-likeness (QED) is 0.350. The number of nitrogens with one attached hydrogen (secondary N) is 1. The maximum atomic E-state index is 12.9. The highest BCUT2D eigenvalue weighted by Gasteiger charge is 2.25. The van der Waals surface area contributed by atoms with Crippen LogP contribution < -0.4 is 19.7 Å². The minimum absolute atomic E-state index is 0.110. The summed E-state index contributed by atoms with van der Waals surface area (Å²) >= 11 is 1.42. The average molecular weight is 499 g/mol. The maximum absolute atomic E-state index is 12.9. The number of methoxy groups -OCH3 is 1. The number of hydrogen-bond donors (Lipinski definition) is 1. The van der Waals surface area contributed by atoms with Gasteiger partial charge in [-0.3, -0.25) is 14.9 Å². The summed E-state index contributed by atoms with van der Waals surface area (Å²) in [4.78, 5) is 37.1. The molecule has 184 valence electrons. The molecular formula is C23H26N6O5S. The number of pyridine rings is 1. The van der Waals surface area contributed by atoms with Crippen LogP contribution in [0.25, 0.3) is 0 Å². The van der Waals surface area contributed by atoms with E-state index < -0.39 is 10.8 Å². The first-order valence-electron chi connectivity index (χ1n) is 11.0. The first-order valence-corrected chi connectivity index (χ1v) is 11.9. The number of likely N-dealkylation sites (N-methyl/N-ethyl adjacent to an activating group) is 1. The molecule has 1 aromatic carbocycles. The molecule has 11 nitrogen and oxygen atoms in total. The fraction of sp³-hybridized carbons (Fsp3) is 0.348. The molecule has 0 radical (unpaired) electrons. The number of thiazole rings is 1. The number of nitrogens with zero attached hydrogens (tertiary/aromatic N) is 5. The second-order valence-electron chi connectivity index (χ2n) is 8.04. The molecule has 3 heterocycles. The molecule has 1 aliphatic rings. The van der Waals surface area contributed by atoms with Gasteiger partial charge in [-0.05, 0) is 24.7 Å². The SMILES string of the molecule is COc1cc(C(=O)NCc2ccnc(N3CCN(C)CC3)c2)c([N+](=O)[O-])cc1OCc1cscn1. The van der Waals surface area contributed by atoms with E-state index in [2.05, 4.69) is 32.1 Å². The summed E-state index contributed by atoms with van der Waals surface area (Å²) in [5, 5.41) is 16.3. The number of amides is 1. The Hall–Kier alpha value is -3.77. The second-order valence-corrected chi connectivity index (χ2v) is 8.76. The molecule has 0 aliphatic carbocycles. The molecule has 1 amide bonds. The van der Waals surface area contributed by atoms with Gasteiger partial charge in [-0.25, -0.2) is 9.97 Å². The van der Waals surface area contributed by atoms with Crippen LogP contribution in [-0.4, -0.2) is 66.0 Å². The third-order valence-electron chi connectivity index (χ3n) is 5.67. The number of benzene rings is 1. The Balaban J connectivity index is 1.47. The summed E-state index contributed by atoms with van der Waals surface area (Å²) in [6.45, 7) is 3.99. The molecule has 0 atom stereocenters. The predicted octanol–water partition coefficient (Wildman–Crippen LogP) is 2.72. The van der Waals surface area contributed by atoms with Gasteiger partial charge in [0.15, 0.2) is 11.5 Å². The zero-order chi connectivity index (χ0) is 24.8. The largest absolute Gasteiger partial charge is 0.493 e. The van der Waals surface area contributed by atoms with E-state index in [9.17, 15) is 14.9 Å². The lowest BCUT2D eigenvalue weighted by molar-refractivity contribution is -0.385. The van der Waals surface area contributed by atoms with Gasteiger partial charge >= 0.3 is 0 Å². The van der Waals surface area contributed by atoms with Crippen LogP contribution in [-0.2, 0) is 13.2 Å². The molecule has 3 aromatic rings. The van der Waals surface area contributed by atoms with E-state index in [0.29, 0.717) is 5.69 Å². The summed E-state index contributed by atoms with van der Waals surface area (Å²) < 4.78 is 11.0. The van der Waals surface area contributed by atoms with E-state index in [4.69, 9.17) is 9.47 Å². The number of piperazine rings is 1. The van der Waals surface area contributed by atoms with Gasteiger partial charge in [0.25, 0.3) is 11.6 Å². The molecule has 0 unspecified atom stereocenters. The van der Waals surface area contributed by atoms with Crippen molar-refractivity contribution >= 4 is 28.7 Å². The van der Waals surface area contributed by atoms with E-state index >= 15 is 0 Å². The van der Waals surface area contributed by atoms with Crippen LogP contribution in [0.3, 0.4) is 0 Å². The minimum atomic E-state index is -0.609. The molecule has 0 bridgehead atoms. The number of carbonyl (C=O) groups excluding carboxylic acids is 1. The van der Waals surface area contributed by atoms with Crippen molar-refractivity contribution < 1.29 is 19.2 Å². The number of nitro benzene ring substituents is 1. The Morgan fingerprint density at radius 2 is 2.00 bits per heavy atom. The van der Waals surface area contributed by atoms with Crippen molar-refractivity contribution in [3.05, 3.63) is 68.3 Å². The lowest BCUT2D eigenvalue weighted by Crippen LogP contribution is -2.44. The normalized spacial score (nSPS) is 13.9. The Labute approximate surface area is 206 Å². The zero-order valence-electron chi connectivity index (χ0n) is 19.5. The molecule has 0 spiro atoms. The Bertz CT molecular complexity index is 1180. The van der Waals surface area contributed by atoms with Crippen LogP contribution in [0, 0.1) is 10.1 Å². The highest BCUT2D eigenvalue weighted by atomic mass is 32.1. The molecule has 35 heavy (non-hydrogen) atoms. The molecule has 1 saturated heterocycles. The molecule has 4 rings (SSSR count). The zero-order valence-corrected chi connectivity index (χ0v) is 20.3. The highest BCUT2D eigenvalue weighted by molar-refractivity contribution is 7.07. The third-order valence-corrected chi connectivity index (χ3v) is 6.31. The van der Waals surface area contributed by atoms with Gasteiger partial charge in [0.2, 0.25) is 0 Å². The Kier molecular flexibility index (Phi) is 7.73. The number of anilines is 1. The number of rotatable bonds is 9. The van der Waals surface area contributed by atoms with E-state index in [1.165, 1.54) is 30.6 Å². The van der Waals surface area contributed by atoms with E-state index in [1.807, 2.05) is 17.5 Å². The van der Waals surface area contributed by atoms with Crippen molar-refractivity contribution in [2.45, 2.75) is 13.2 Å². The molecule has 1 aliphatic heterocycles. The van der Waals surface area contributed by atoms with Gasteiger partial charge in [-0.2, -0.15) is 0 Å². The van der Waals surface area contributed by atoms with Gasteiger partial charge in [0, 0.05) is 50.4 Å². The average Bonchev–Trinajstić information content (AvgIpc) is 3.40. The third kappa shape index (κ3) is 6.03. The molecule has 0 saturated carbocycles. The standard InChI is InChI=1S/C23H26N6O5S/c1-27-5-7-28(8-6-27)22-9-16(3-4-24-22)12-25-23(30)18-10-20(33-2)21(11-19(18)29(31)32)34-13-17-14-35-15-26-17/h3-4,9-11,14-15H,5-8,12-13H2,1-2H3,(H,25,30). The monoisotopic (exact) mass is 498 g/mol. The highest BCUT2D eigenvalue weighted by Crippen LogP contribution is 2.35. The van der Waals surface area contributed by atoms with Crippen LogP contribution in [0.4, 0.5) is 11.5 Å². The summed E-state index contributed by atoms with van der Waals surface area (Å²) in [7, 11) is 3.50. The van der Waals surface area contributed by atoms with Crippen LogP contribution >= 0.6 is 11.3 Å². The smallest absolute Gasteiger partial charge is 0.286 e.